The summed E-state index contributed by atoms with van der Waals surface area (Å²) in [5, 5.41) is 9.45. The molecule has 0 saturated heterocycles. The molecule has 1 amide bonds. The first-order valence-electron chi connectivity index (χ1n) is 7.00. The van der Waals surface area contributed by atoms with Crippen LogP contribution in [0, 0.1) is 0 Å². The van der Waals surface area contributed by atoms with E-state index in [1.807, 2.05) is 47.5 Å². The van der Waals surface area contributed by atoms with Crippen molar-refractivity contribution < 1.29 is 4.79 Å². The maximum absolute atomic E-state index is 11.0. The van der Waals surface area contributed by atoms with Gasteiger partial charge in [0, 0.05) is 25.6 Å². The van der Waals surface area contributed by atoms with Gasteiger partial charge in [-0.05, 0) is 29.8 Å². The van der Waals surface area contributed by atoms with E-state index in [0.717, 1.165) is 30.1 Å². The zero-order valence-electron chi connectivity index (χ0n) is 11.9. The van der Waals surface area contributed by atoms with Crippen LogP contribution in [0.15, 0.2) is 59.7 Å². The largest absolute Gasteiger partial charge is 0.326 e. The fraction of sp³-hybridized carbons (Fsp3) is 0.176. The molecule has 1 aliphatic rings. The number of anilines is 2. The standard InChI is InChI=1S/C17H17N3O/c1-13(21)18-15-7-9-16(10-8-15)20-12-11-17(19-20)14-5-3-2-4-6-14/h2-10H,11-12H2,1H3,(H,18,21). The molecule has 0 fully saturated rings. The SMILES string of the molecule is CC(=O)Nc1ccc(N2CCC(c3ccccc3)=N2)cc1. The van der Waals surface area contributed by atoms with Gasteiger partial charge in [-0.2, -0.15) is 5.10 Å². The third kappa shape index (κ3) is 3.11. The molecule has 1 aliphatic heterocycles. The molecule has 0 spiro atoms. The van der Waals surface area contributed by atoms with Crippen LogP contribution in [0.4, 0.5) is 11.4 Å². The third-order valence-electron chi connectivity index (χ3n) is 3.39. The number of benzene rings is 2. The van der Waals surface area contributed by atoms with Crippen LogP contribution < -0.4 is 10.3 Å². The molecule has 4 nitrogen and oxygen atoms in total. The van der Waals surface area contributed by atoms with E-state index in [1.54, 1.807) is 0 Å². The number of carbonyl (C=O) groups is 1. The van der Waals surface area contributed by atoms with Gasteiger partial charge in [0.1, 0.15) is 0 Å². The lowest BCUT2D eigenvalue weighted by molar-refractivity contribution is -0.114. The van der Waals surface area contributed by atoms with Gasteiger partial charge in [-0.1, -0.05) is 30.3 Å². The lowest BCUT2D eigenvalue weighted by Crippen LogP contribution is -2.12. The molecule has 3 rings (SSSR count). The van der Waals surface area contributed by atoms with Gasteiger partial charge in [0.2, 0.25) is 5.91 Å². The van der Waals surface area contributed by atoms with Gasteiger partial charge in [-0.25, -0.2) is 0 Å². The van der Waals surface area contributed by atoms with E-state index in [4.69, 9.17) is 0 Å². The number of hydrazone groups is 1. The van der Waals surface area contributed by atoms with Gasteiger partial charge in [0.25, 0.3) is 0 Å². The Kier molecular flexibility index (Phi) is 3.69. The van der Waals surface area contributed by atoms with Crippen molar-refractivity contribution in [2.75, 3.05) is 16.9 Å². The molecule has 2 aromatic rings. The number of rotatable bonds is 3. The van der Waals surface area contributed by atoms with Crippen molar-refractivity contribution in [2.24, 2.45) is 5.10 Å². The normalized spacial score (nSPS) is 14.0. The van der Waals surface area contributed by atoms with Crippen molar-refractivity contribution >= 4 is 23.0 Å². The van der Waals surface area contributed by atoms with Crippen LogP contribution >= 0.6 is 0 Å². The molecular formula is C17H17N3O. The molecule has 0 radical (unpaired) electrons. The highest BCUT2D eigenvalue weighted by molar-refractivity contribution is 6.02. The summed E-state index contributed by atoms with van der Waals surface area (Å²) in [4.78, 5) is 11.0. The van der Waals surface area contributed by atoms with Gasteiger partial charge in [0.05, 0.1) is 11.4 Å². The molecular weight excluding hydrogens is 262 g/mol. The molecule has 0 aromatic heterocycles. The van der Waals surface area contributed by atoms with E-state index >= 15 is 0 Å². The summed E-state index contributed by atoms with van der Waals surface area (Å²) in [6.07, 6.45) is 0.942. The molecule has 0 saturated carbocycles. The topological polar surface area (TPSA) is 44.7 Å². The maximum Gasteiger partial charge on any atom is 0.221 e. The quantitative estimate of drug-likeness (QED) is 0.937. The van der Waals surface area contributed by atoms with Crippen molar-refractivity contribution in [3.05, 3.63) is 60.2 Å². The number of hydrogen-bond acceptors (Lipinski definition) is 3. The molecule has 1 N–H and O–H groups in total. The summed E-state index contributed by atoms with van der Waals surface area (Å²) >= 11 is 0. The maximum atomic E-state index is 11.0. The highest BCUT2D eigenvalue weighted by Crippen LogP contribution is 2.23. The van der Waals surface area contributed by atoms with E-state index in [9.17, 15) is 4.79 Å². The zero-order valence-corrected chi connectivity index (χ0v) is 11.9. The van der Waals surface area contributed by atoms with E-state index in [1.165, 1.54) is 12.5 Å². The van der Waals surface area contributed by atoms with Crippen molar-refractivity contribution in [3.8, 4) is 0 Å². The van der Waals surface area contributed by atoms with E-state index in [0.29, 0.717) is 0 Å². The predicted octanol–water partition coefficient (Wildman–Crippen LogP) is 3.26. The van der Waals surface area contributed by atoms with Crippen LogP contribution in [0.25, 0.3) is 0 Å². The first kappa shape index (κ1) is 13.4. The number of hydrogen-bond donors (Lipinski definition) is 1. The number of nitrogens with one attached hydrogen (secondary N) is 1. The van der Waals surface area contributed by atoms with E-state index < -0.39 is 0 Å². The Morgan fingerprint density at radius 1 is 1.10 bits per heavy atom. The first-order chi connectivity index (χ1) is 10.2. The molecule has 21 heavy (non-hydrogen) atoms. The third-order valence-corrected chi connectivity index (χ3v) is 3.39. The second-order valence-electron chi connectivity index (χ2n) is 5.01. The molecule has 0 atom stereocenters. The monoisotopic (exact) mass is 279 g/mol. The lowest BCUT2D eigenvalue weighted by atomic mass is 10.1. The van der Waals surface area contributed by atoms with E-state index in [2.05, 4.69) is 22.6 Å². The van der Waals surface area contributed by atoms with Gasteiger partial charge in [-0.15, -0.1) is 0 Å². The average Bonchev–Trinajstić information content (AvgIpc) is 2.98. The van der Waals surface area contributed by atoms with Crippen molar-refractivity contribution in [1.29, 1.82) is 0 Å². The minimum absolute atomic E-state index is 0.0618. The van der Waals surface area contributed by atoms with Gasteiger partial charge in [-0.3, -0.25) is 9.80 Å². The molecule has 106 valence electrons. The highest BCUT2D eigenvalue weighted by Gasteiger charge is 2.16. The minimum atomic E-state index is -0.0618. The highest BCUT2D eigenvalue weighted by atomic mass is 16.1. The van der Waals surface area contributed by atoms with Crippen molar-refractivity contribution in [1.82, 2.24) is 0 Å². The Morgan fingerprint density at radius 2 is 1.81 bits per heavy atom. The summed E-state index contributed by atoms with van der Waals surface area (Å²) in [5.74, 6) is -0.0618. The number of amides is 1. The van der Waals surface area contributed by atoms with Crippen molar-refractivity contribution in [2.45, 2.75) is 13.3 Å². The minimum Gasteiger partial charge on any atom is -0.326 e. The van der Waals surface area contributed by atoms with Crippen LogP contribution in [-0.2, 0) is 4.79 Å². The Morgan fingerprint density at radius 3 is 2.48 bits per heavy atom. The molecule has 0 unspecified atom stereocenters. The van der Waals surface area contributed by atoms with Gasteiger partial charge in [0.15, 0.2) is 0 Å². The summed E-state index contributed by atoms with van der Waals surface area (Å²) in [7, 11) is 0. The second-order valence-corrected chi connectivity index (χ2v) is 5.01. The average molecular weight is 279 g/mol. The van der Waals surface area contributed by atoms with Crippen LogP contribution in [0.3, 0.4) is 0 Å². The Hall–Kier alpha value is -2.62. The Balaban J connectivity index is 1.76. The van der Waals surface area contributed by atoms with Crippen LogP contribution in [-0.4, -0.2) is 18.2 Å². The van der Waals surface area contributed by atoms with Gasteiger partial charge < -0.3 is 5.32 Å². The molecule has 2 aromatic carbocycles. The number of carbonyl (C=O) groups excluding carboxylic acids is 1. The van der Waals surface area contributed by atoms with Gasteiger partial charge >= 0.3 is 0 Å². The molecule has 1 heterocycles. The van der Waals surface area contributed by atoms with Crippen molar-refractivity contribution in [3.63, 3.8) is 0 Å². The lowest BCUT2D eigenvalue weighted by Gasteiger charge is -2.14. The van der Waals surface area contributed by atoms with Crippen LogP contribution in [0.1, 0.15) is 18.9 Å². The van der Waals surface area contributed by atoms with E-state index in [-0.39, 0.29) is 5.91 Å². The summed E-state index contributed by atoms with van der Waals surface area (Å²) in [6, 6.07) is 18.0. The predicted molar refractivity (Wildman–Crippen MR) is 85.7 cm³/mol. The number of nitrogens with zero attached hydrogens (tertiary/aromatic N) is 2. The summed E-state index contributed by atoms with van der Waals surface area (Å²) in [6.45, 7) is 2.38. The summed E-state index contributed by atoms with van der Waals surface area (Å²) < 4.78 is 0. The fourth-order valence-corrected chi connectivity index (χ4v) is 2.40. The fourth-order valence-electron chi connectivity index (χ4n) is 2.40. The Bertz CT molecular complexity index is 662. The zero-order chi connectivity index (χ0) is 14.7. The summed E-state index contributed by atoms with van der Waals surface area (Å²) in [5.41, 5.74) is 4.13. The molecule has 4 heteroatoms. The molecule has 0 aliphatic carbocycles. The van der Waals surface area contributed by atoms with Crippen LogP contribution in [0.2, 0.25) is 0 Å². The van der Waals surface area contributed by atoms with Crippen LogP contribution in [0.5, 0.6) is 0 Å². The second kappa shape index (κ2) is 5.79. The molecule has 0 bridgehead atoms. The smallest absolute Gasteiger partial charge is 0.221 e. The first-order valence-corrected chi connectivity index (χ1v) is 7.00. The Labute approximate surface area is 124 Å².